The van der Waals surface area contributed by atoms with Crippen molar-refractivity contribution in [2.75, 3.05) is 13.2 Å². The van der Waals surface area contributed by atoms with E-state index < -0.39 is 0 Å². The van der Waals surface area contributed by atoms with E-state index in [0.29, 0.717) is 11.6 Å². The number of nitrogens with one attached hydrogen (secondary N) is 1. The van der Waals surface area contributed by atoms with Crippen LogP contribution in [0.3, 0.4) is 0 Å². The Labute approximate surface area is 88.4 Å². The van der Waals surface area contributed by atoms with Crippen molar-refractivity contribution in [3.63, 3.8) is 0 Å². The third-order valence-electron chi connectivity index (χ3n) is 2.47. The molecule has 0 bridgehead atoms. The Morgan fingerprint density at radius 2 is 2.07 bits per heavy atom. The smallest absolute Gasteiger partial charge is 0.248 e. The molecule has 0 unspecified atom stereocenters. The number of hydrogen-bond acceptors (Lipinski definition) is 3. The molecule has 1 saturated heterocycles. The van der Waals surface area contributed by atoms with Crippen molar-refractivity contribution in [3.8, 4) is 0 Å². The molecular formula is C11H14N2O2. The van der Waals surface area contributed by atoms with Crippen molar-refractivity contribution < 1.29 is 9.53 Å². The first-order valence-corrected chi connectivity index (χ1v) is 4.95. The SMILES string of the molecule is NC(=O)c1ccc(CNC2COC2)cc1. The Bertz CT molecular complexity index is 344. The number of carbonyl (C=O) groups is 1. The van der Waals surface area contributed by atoms with Crippen LogP contribution in [0.1, 0.15) is 15.9 Å². The van der Waals surface area contributed by atoms with Crippen LogP contribution in [0.2, 0.25) is 0 Å². The molecule has 0 aliphatic carbocycles. The van der Waals surface area contributed by atoms with Crippen molar-refractivity contribution in [1.29, 1.82) is 0 Å². The highest BCUT2D eigenvalue weighted by Gasteiger charge is 2.16. The minimum absolute atomic E-state index is 0.387. The van der Waals surface area contributed by atoms with Gasteiger partial charge in [0.05, 0.1) is 19.3 Å². The fourth-order valence-electron chi connectivity index (χ4n) is 1.40. The van der Waals surface area contributed by atoms with Gasteiger partial charge in [0.1, 0.15) is 0 Å². The largest absolute Gasteiger partial charge is 0.378 e. The van der Waals surface area contributed by atoms with Gasteiger partial charge in [-0.3, -0.25) is 4.79 Å². The second-order valence-electron chi connectivity index (χ2n) is 3.68. The summed E-state index contributed by atoms with van der Waals surface area (Å²) in [6.45, 7) is 2.38. The Kier molecular flexibility index (Phi) is 2.99. The van der Waals surface area contributed by atoms with Gasteiger partial charge in [-0.1, -0.05) is 12.1 Å². The Morgan fingerprint density at radius 1 is 1.40 bits per heavy atom. The van der Waals surface area contributed by atoms with E-state index in [1.54, 1.807) is 12.1 Å². The topological polar surface area (TPSA) is 64.4 Å². The van der Waals surface area contributed by atoms with E-state index in [9.17, 15) is 4.79 Å². The molecule has 0 aromatic heterocycles. The van der Waals surface area contributed by atoms with Gasteiger partial charge in [-0.25, -0.2) is 0 Å². The molecule has 3 N–H and O–H groups in total. The molecule has 4 heteroatoms. The number of carbonyl (C=O) groups excluding carboxylic acids is 1. The predicted molar refractivity (Wildman–Crippen MR) is 56.4 cm³/mol. The van der Waals surface area contributed by atoms with Crippen molar-refractivity contribution >= 4 is 5.91 Å². The molecule has 1 amide bonds. The number of amides is 1. The van der Waals surface area contributed by atoms with Gasteiger partial charge in [0.15, 0.2) is 0 Å². The minimum atomic E-state index is -0.387. The molecule has 0 saturated carbocycles. The van der Waals surface area contributed by atoms with Gasteiger partial charge in [-0.15, -0.1) is 0 Å². The Morgan fingerprint density at radius 3 is 2.53 bits per heavy atom. The number of ether oxygens (including phenoxy) is 1. The Hall–Kier alpha value is -1.39. The summed E-state index contributed by atoms with van der Waals surface area (Å²) in [4.78, 5) is 10.8. The zero-order valence-corrected chi connectivity index (χ0v) is 8.40. The first-order valence-electron chi connectivity index (χ1n) is 4.95. The third-order valence-corrected chi connectivity index (χ3v) is 2.47. The van der Waals surface area contributed by atoms with Crippen LogP contribution < -0.4 is 11.1 Å². The number of primary amides is 1. The van der Waals surface area contributed by atoms with Crippen molar-refractivity contribution in [3.05, 3.63) is 35.4 Å². The summed E-state index contributed by atoms with van der Waals surface area (Å²) in [6, 6.07) is 7.78. The summed E-state index contributed by atoms with van der Waals surface area (Å²) in [5, 5.41) is 3.34. The monoisotopic (exact) mass is 206 g/mol. The lowest BCUT2D eigenvalue weighted by Crippen LogP contribution is -2.45. The Balaban J connectivity index is 1.88. The van der Waals surface area contributed by atoms with Crippen molar-refractivity contribution in [2.24, 2.45) is 5.73 Å². The molecule has 1 aromatic carbocycles. The molecule has 2 rings (SSSR count). The molecule has 0 atom stereocenters. The van der Waals surface area contributed by atoms with E-state index in [1.165, 1.54) is 0 Å². The van der Waals surface area contributed by atoms with Crippen molar-refractivity contribution in [1.82, 2.24) is 5.32 Å². The molecular weight excluding hydrogens is 192 g/mol. The summed E-state index contributed by atoms with van der Waals surface area (Å²) >= 11 is 0. The summed E-state index contributed by atoms with van der Waals surface area (Å²) in [5.74, 6) is -0.387. The van der Waals surface area contributed by atoms with Crippen LogP contribution in [0, 0.1) is 0 Å². The van der Waals surface area contributed by atoms with E-state index in [4.69, 9.17) is 10.5 Å². The number of rotatable bonds is 4. The second kappa shape index (κ2) is 4.42. The third kappa shape index (κ3) is 2.55. The predicted octanol–water partition coefficient (Wildman–Crippen LogP) is 0.274. The zero-order valence-electron chi connectivity index (χ0n) is 8.40. The first kappa shape index (κ1) is 10.1. The van der Waals surface area contributed by atoms with Crippen LogP contribution >= 0.6 is 0 Å². The van der Waals surface area contributed by atoms with Gasteiger partial charge in [0.2, 0.25) is 5.91 Å². The van der Waals surface area contributed by atoms with Gasteiger partial charge in [-0.05, 0) is 17.7 Å². The van der Waals surface area contributed by atoms with E-state index in [0.717, 1.165) is 25.3 Å². The minimum Gasteiger partial charge on any atom is -0.378 e. The quantitative estimate of drug-likeness (QED) is 0.743. The van der Waals surface area contributed by atoms with E-state index in [-0.39, 0.29) is 5.91 Å². The van der Waals surface area contributed by atoms with Gasteiger partial charge >= 0.3 is 0 Å². The maximum atomic E-state index is 10.8. The number of hydrogen-bond donors (Lipinski definition) is 2. The lowest BCUT2D eigenvalue weighted by Gasteiger charge is -2.27. The second-order valence-corrected chi connectivity index (χ2v) is 3.68. The lowest BCUT2D eigenvalue weighted by molar-refractivity contribution is -0.00578. The summed E-state index contributed by atoms with van der Waals surface area (Å²) in [5.41, 5.74) is 6.84. The summed E-state index contributed by atoms with van der Waals surface area (Å²) in [6.07, 6.45) is 0. The van der Waals surface area contributed by atoms with Gasteiger partial charge in [0.25, 0.3) is 0 Å². The maximum absolute atomic E-state index is 10.8. The molecule has 4 nitrogen and oxygen atoms in total. The molecule has 1 heterocycles. The van der Waals surface area contributed by atoms with E-state index in [1.807, 2.05) is 12.1 Å². The molecule has 1 aromatic rings. The first-order chi connectivity index (χ1) is 7.25. The van der Waals surface area contributed by atoms with Gasteiger partial charge < -0.3 is 15.8 Å². The van der Waals surface area contributed by atoms with Crippen LogP contribution in [0.25, 0.3) is 0 Å². The highest BCUT2D eigenvalue weighted by molar-refractivity contribution is 5.92. The molecule has 1 aliphatic heterocycles. The summed E-state index contributed by atoms with van der Waals surface area (Å²) in [7, 11) is 0. The normalized spacial score (nSPS) is 16.0. The molecule has 1 fully saturated rings. The fourth-order valence-corrected chi connectivity index (χ4v) is 1.40. The molecule has 15 heavy (non-hydrogen) atoms. The maximum Gasteiger partial charge on any atom is 0.248 e. The van der Waals surface area contributed by atoms with Crippen molar-refractivity contribution in [2.45, 2.75) is 12.6 Å². The van der Waals surface area contributed by atoms with Gasteiger partial charge in [0, 0.05) is 12.1 Å². The molecule has 1 aliphatic rings. The average molecular weight is 206 g/mol. The molecule has 80 valence electrons. The number of benzene rings is 1. The standard InChI is InChI=1S/C11H14N2O2/c12-11(14)9-3-1-8(2-4-9)5-13-10-6-15-7-10/h1-4,10,13H,5-7H2,(H2,12,14). The molecule has 0 spiro atoms. The van der Waals surface area contributed by atoms with Crippen LogP contribution in [0.4, 0.5) is 0 Å². The van der Waals surface area contributed by atoms with Crippen LogP contribution in [-0.4, -0.2) is 25.2 Å². The van der Waals surface area contributed by atoms with Crippen LogP contribution in [0.15, 0.2) is 24.3 Å². The highest BCUT2D eigenvalue weighted by atomic mass is 16.5. The van der Waals surface area contributed by atoms with Crippen LogP contribution in [-0.2, 0) is 11.3 Å². The van der Waals surface area contributed by atoms with Gasteiger partial charge in [-0.2, -0.15) is 0 Å². The average Bonchev–Trinajstić information content (AvgIpc) is 2.16. The number of nitrogens with two attached hydrogens (primary N) is 1. The zero-order chi connectivity index (χ0) is 10.7. The lowest BCUT2D eigenvalue weighted by atomic mass is 10.1. The summed E-state index contributed by atoms with van der Waals surface area (Å²) < 4.78 is 5.05. The van der Waals surface area contributed by atoms with Crippen LogP contribution in [0.5, 0.6) is 0 Å². The van der Waals surface area contributed by atoms with E-state index in [2.05, 4.69) is 5.32 Å². The fraction of sp³-hybridized carbons (Fsp3) is 0.364. The highest BCUT2D eigenvalue weighted by Crippen LogP contribution is 2.06. The van der Waals surface area contributed by atoms with E-state index >= 15 is 0 Å². The molecule has 0 radical (unpaired) electrons.